The van der Waals surface area contributed by atoms with Crippen molar-refractivity contribution in [2.75, 3.05) is 0 Å². The number of aliphatic carboxylic acids is 1. The lowest BCUT2D eigenvalue weighted by molar-refractivity contribution is -0.145. The average molecular weight is 257 g/mol. The molecule has 2 atom stereocenters. The van der Waals surface area contributed by atoms with Crippen LogP contribution in [0.3, 0.4) is 0 Å². The predicted octanol–water partition coefficient (Wildman–Crippen LogP) is 2.17. The highest BCUT2D eigenvalue weighted by Crippen LogP contribution is 2.44. The molecule has 0 amide bonds. The molecule has 0 fully saturated rings. The molecule has 0 aliphatic carbocycles. The van der Waals surface area contributed by atoms with E-state index in [1.165, 1.54) is 0 Å². The van der Waals surface area contributed by atoms with Gasteiger partial charge in [-0.05, 0) is 13.0 Å². The van der Waals surface area contributed by atoms with E-state index in [0.29, 0.717) is 16.3 Å². The van der Waals surface area contributed by atoms with E-state index in [-0.39, 0.29) is 18.9 Å². The summed E-state index contributed by atoms with van der Waals surface area (Å²) in [4.78, 5) is 10.8. The molecule has 1 aromatic carbocycles. The number of ether oxygens (including phenoxy) is 1. The Hall–Kier alpha value is -1.26. The van der Waals surface area contributed by atoms with Gasteiger partial charge in [-0.1, -0.05) is 23.7 Å². The fourth-order valence-corrected chi connectivity index (χ4v) is 2.46. The van der Waals surface area contributed by atoms with Crippen LogP contribution < -0.4 is 4.74 Å². The Bertz CT molecular complexity index is 460. The molecule has 1 aliphatic rings. The molecular weight excluding hydrogens is 244 g/mol. The molecule has 92 valence electrons. The van der Waals surface area contributed by atoms with Gasteiger partial charge >= 0.3 is 5.97 Å². The van der Waals surface area contributed by atoms with Gasteiger partial charge in [0.05, 0.1) is 17.5 Å². The molecule has 0 saturated carbocycles. The van der Waals surface area contributed by atoms with Crippen molar-refractivity contribution < 1.29 is 19.7 Å². The van der Waals surface area contributed by atoms with Gasteiger partial charge in [-0.25, -0.2) is 0 Å². The fraction of sp³-hybridized carbons (Fsp3) is 0.417. The van der Waals surface area contributed by atoms with Gasteiger partial charge in [0.15, 0.2) is 0 Å². The van der Waals surface area contributed by atoms with Gasteiger partial charge in [-0.3, -0.25) is 4.79 Å². The lowest BCUT2D eigenvalue weighted by Gasteiger charge is -2.37. The maximum absolute atomic E-state index is 10.8. The molecule has 17 heavy (non-hydrogen) atoms. The Labute approximate surface area is 104 Å². The van der Waals surface area contributed by atoms with Crippen LogP contribution in [0.5, 0.6) is 5.75 Å². The van der Waals surface area contributed by atoms with Crippen LogP contribution in [0.1, 0.15) is 25.3 Å². The number of rotatable bonds is 2. The third-order valence-corrected chi connectivity index (χ3v) is 3.15. The summed E-state index contributed by atoms with van der Waals surface area (Å²) < 4.78 is 5.55. The first-order valence-electron chi connectivity index (χ1n) is 5.32. The molecule has 4 nitrogen and oxygen atoms in total. The van der Waals surface area contributed by atoms with E-state index in [4.69, 9.17) is 21.4 Å². The predicted molar refractivity (Wildman–Crippen MR) is 62.3 cm³/mol. The van der Waals surface area contributed by atoms with Crippen LogP contribution in [0.4, 0.5) is 0 Å². The molecule has 2 N–H and O–H groups in total. The minimum Gasteiger partial charge on any atom is -0.489 e. The normalized spacial score (nSPS) is 27.1. The van der Waals surface area contributed by atoms with Crippen LogP contribution in [0.15, 0.2) is 18.2 Å². The van der Waals surface area contributed by atoms with E-state index >= 15 is 0 Å². The van der Waals surface area contributed by atoms with Crippen molar-refractivity contribution in [2.24, 2.45) is 0 Å². The van der Waals surface area contributed by atoms with Gasteiger partial charge in [0.1, 0.15) is 11.4 Å². The first-order valence-corrected chi connectivity index (χ1v) is 5.70. The molecule has 1 heterocycles. The highest BCUT2D eigenvalue weighted by Gasteiger charge is 2.41. The molecule has 0 spiro atoms. The van der Waals surface area contributed by atoms with Crippen molar-refractivity contribution in [3.63, 3.8) is 0 Å². The van der Waals surface area contributed by atoms with Gasteiger partial charge in [0.2, 0.25) is 0 Å². The van der Waals surface area contributed by atoms with Crippen LogP contribution in [0.25, 0.3) is 0 Å². The minimum absolute atomic E-state index is 0.243. The average Bonchev–Trinajstić information content (AvgIpc) is 2.18. The number of benzene rings is 1. The monoisotopic (exact) mass is 256 g/mol. The van der Waals surface area contributed by atoms with Gasteiger partial charge in [-0.2, -0.15) is 0 Å². The Morgan fingerprint density at radius 2 is 2.35 bits per heavy atom. The van der Waals surface area contributed by atoms with Gasteiger partial charge in [0, 0.05) is 12.0 Å². The second-order valence-electron chi connectivity index (χ2n) is 4.35. The Morgan fingerprint density at radius 1 is 1.65 bits per heavy atom. The number of carbonyl (C=O) groups is 1. The first kappa shape index (κ1) is 12.2. The van der Waals surface area contributed by atoms with E-state index in [0.717, 1.165) is 0 Å². The number of halogens is 1. The van der Waals surface area contributed by atoms with Gasteiger partial charge in [0.25, 0.3) is 0 Å². The fourth-order valence-electron chi connectivity index (χ4n) is 2.24. The number of fused-ring (bicyclic) bond motifs is 1. The largest absolute Gasteiger partial charge is 0.489 e. The number of hydrogen-bond donors (Lipinski definition) is 2. The van der Waals surface area contributed by atoms with Crippen LogP contribution in [-0.2, 0) is 10.4 Å². The molecule has 0 radical (unpaired) electrons. The summed E-state index contributed by atoms with van der Waals surface area (Å²) in [5.74, 6) is -0.663. The van der Waals surface area contributed by atoms with Crippen molar-refractivity contribution in [3.05, 3.63) is 28.8 Å². The standard InChI is InChI=1S/C12H13ClO4/c1-7-5-12(16,6-10(14)15)8-3-2-4-9(13)11(8)17-7/h2-4,7,16H,5-6H2,1H3,(H,14,15)/t7-,12-/m1/s1. The highest BCUT2D eigenvalue weighted by molar-refractivity contribution is 6.32. The summed E-state index contributed by atoms with van der Waals surface area (Å²) in [7, 11) is 0. The zero-order chi connectivity index (χ0) is 12.6. The van der Waals surface area contributed by atoms with Crippen LogP contribution >= 0.6 is 11.6 Å². The zero-order valence-corrected chi connectivity index (χ0v) is 10.1. The Morgan fingerprint density at radius 3 is 3.00 bits per heavy atom. The third-order valence-electron chi connectivity index (χ3n) is 2.86. The molecule has 0 aromatic heterocycles. The summed E-state index contributed by atoms with van der Waals surface area (Å²) in [6.45, 7) is 1.78. The SMILES string of the molecule is C[C@@H]1C[C@@](O)(CC(=O)O)c2cccc(Cl)c2O1. The topological polar surface area (TPSA) is 66.8 Å². The highest BCUT2D eigenvalue weighted by atomic mass is 35.5. The van der Waals surface area contributed by atoms with Crippen molar-refractivity contribution in [2.45, 2.75) is 31.5 Å². The molecule has 0 bridgehead atoms. The number of carboxylic acids is 1. The van der Waals surface area contributed by atoms with E-state index in [2.05, 4.69) is 0 Å². The molecule has 0 unspecified atom stereocenters. The number of aliphatic hydroxyl groups is 1. The molecular formula is C12H13ClO4. The van der Waals surface area contributed by atoms with E-state index in [1.54, 1.807) is 25.1 Å². The van der Waals surface area contributed by atoms with Crippen molar-refractivity contribution in [1.29, 1.82) is 0 Å². The van der Waals surface area contributed by atoms with Crippen molar-refractivity contribution in [3.8, 4) is 5.75 Å². The summed E-state index contributed by atoms with van der Waals surface area (Å²) in [6, 6.07) is 4.98. The molecule has 0 saturated heterocycles. The summed E-state index contributed by atoms with van der Waals surface area (Å²) in [5.41, 5.74) is -0.963. The van der Waals surface area contributed by atoms with Gasteiger partial charge in [-0.15, -0.1) is 0 Å². The van der Waals surface area contributed by atoms with Gasteiger partial charge < -0.3 is 14.9 Å². The van der Waals surface area contributed by atoms with E-state index in [1.807, 2.05) is 0 Å². The molecule has 5 heteroatoms. The minimum atomic E-state index is -1.41. The Kier molecular flexibility index (Phi) is 3.02. The smallest absolute Gasteiger partial charge is 0.306 e. The summed E-state index contributed by atoms with van der Waals surface area (Å²) in [5, 5.41) is 19.7. The molecule has 1 aromatic rings. The molecule has 1 aliphatic heterocycles. The quantitative estimate of drug-likeness (QED) is 0.851. The number of carboxylic acid groups (broad SMARTS) is 1. The number of para-hydroxylation sites is 1. The zero-order valence-electron chi connectivity index (χ0n) is 9.31. The first-order chi connectivity index (χ1) is 7.92. The summed E-state index contributed by atoms with van der Waals surface area (Å²) in [6.07, 6.45) is -0.382. The maximum atomic E-state index is 10.8. The van der Waals surface area contributed by atoms with Crippen LogP contribution in [0, 0.1) is 0 Å². The second-order valence-corrected chi connectivity index (χ2v) is 4.76. The second kappa shape index (κ2) is 4.20. The van der Waals surface area contributed by atoms with Crippen molar-refractivity contribution in [1.82, 2.24) is 0 Å². The molecule has 2 rings (SSSR count). The third kappa shape index (κ3) is 2.23. The van der Waals surface area contributed by atoms with E-state index < -0.39 is 11.6 Å². The van der Waals surface area contributed by atoms with Crippen molar-refractivity contribution >= 4 is 17.6 Å². The number of hydrogen-bond acceptors (Lipinski definition) is 3. The van der Waals surface area contributed by atoms with Crippen LogP contribution in [0.2, 0.25) is 5.02 Å². The lowest BCUT2D eigenvalue weighted by atomic mass is 9.83. The Balaban J connectivity index is 2.51. The lowest BCUT2D eigenvalue weighted by Crippen LogP contribution is -2.38. The van der Waals surface area contributed by atoms with Crippen LogP contribution in [-0.4, -0.2) is 22.3 Å². The summed E-state index contributed by atoms with van der Waals surface area (Å²) >= 11 is 5.99. The maximum Gasteiger partial charge on any atom is 0.306 e. The van der Waals surface area contributed by atoms with E-state index in [9.17, 15) is 9.90 Å².